The number of phenolic OH excluding ortho intramolecular Hbond substituents is 3. The van der Waals surface area contributed by atoms with Gasteiger partial charge in [-0.1, -0.05) is 12.1 Å². The van der Waals surface area contributed by atoms with Gasteiger partial charge in [0.25, 0.3) is 0 Å². The number of esters is 1. The minimum atomic E-state index is -1.29. The first-order valence-corrected chi connectivity index (χ1v) is 5.69. The van der Waals surface area contributed by atoms with E-state index in [1.54, 1.807) is 0 Å². The Kier molecular flexibility index (Phi) is 3.66. The molecule has 0 aliphatic rings. The van der Waals surface area contributed by atoms with Crippen molar-refractivity contribution in [3.05, 3.63) is 47.5 Å². The monoisotopic (exact) mass is 290 g/mol. The minimum absolute atomic E-state index is 0.234. The standard InChI is InChI=1S/C14H10O7/c15-7-5-9(16)12(10(17)6-7)14(20)21-11-4-2-1-3-8(11)13(18)19/h1-6,15-17H,(H,18,19). The van der Waals surface area contributed by atoms with E-state index < -0.39 is 34.8 Å². The molecule has 4 N–H and O–H groups in total. The van der Waals surface area contributed by atoms with Crippen LogP contribution in [0, 0.1) is 0 Å². The number of aromatic hydroxyl groups is 3. The van der Waals surface area contributed by atoms with Gasteiger partial charge in [-0.15, -0.1) is 0 Å². The number of carbonyl (C=O) groups excluding carboxylic acids is 1. The maximum absolute atomic E-state index is 11.9. The lowest BCUT2D eigenvalue weighted by Gasteiger charge is -2.09. The van der Waals surface area contributed by atoms with Crippen LogP contribution in [-0.2, 0) is 0 Å². The highest BCUT2D eigenvalue weighted by atomic mass is 16.5. The molecule has 0 atom stereocenters. The van der Waals surface area contributed by atoms with E-state index in [2.05, 4.69) is 0 Å². The molecule has 0 amide bonds. The molecule has 2 aromatic rings. The van der Waals surface area contributed by atoms with Crippen molar-refractivity contribution in [1.29, 1.82) is 0 Å². The summed E-state index contributed by atoms with van der Waals surface area (Å²) in [5, 5.41) is 37.3. The summed E-state index contributed by atoms with van der Waals surface area (Å²) in [7, 11) is 0. The van der Waals surface area contributed by atoms with Gasteiger partial charge in [0.05, 0.1) is 0 Å². The van der Waals surface area contributed by atoms with E-state index in [0.717, 1.165) is 12.1 Å². The smallest absolute Gasteiger partial charge is 0.351 e. The third-order valence-electron chi connectivity index (χ3n) is 2.61. The molecule has 0 saturated heterocycles. The number of carboxylic acids is 1. The van der Waals surface area contributed by atoms with E-state index in [1.165, 1.54) is 24.3 Å². The zero-order valence-corrected chi connectivity index (χ0v) is 10.5. The van der Waals surface area contributed by atoms with Crippen molar-refractivity contribution in [2.75, 3.05) is 0 Å². The van der Waals surface area contributed by atoms with Crippen LogP contribution in [0.25, 0.3) is 0 Å². The van der Waals surface area contributed by atoms with Gasteiger partial charge >= 0.3 is 11.9 Å². The van der Waals surface area contributed by atoms with E-state index in [9.17, 15) is 19.8 Å². The van der Waals surface area contributed by atoms with E-state index in [0.29, 0.717) is 0 Å². The summed E-state index contributed by atoms with van der Waals surface area (Å²) >= 11 is 0. The summed E-state index contributed by atoms with van der Waals surface area (Å²) in [6.07, 6.45) is 0. The zero-order chi connectivity index (χ0) is 15.6. The SMILES string of the molecule is O=C(O)c1ccccc1OC(=O)c1c(O)cc(O)cc1O. The Morgan fingerprint density at radius 3 is 2.10 bits per heavy atom. The van der Waals surface area contributed by atoms with E-state index in [1.807, 2.05) is 0 Å². The van der Waals surface area contributed by atoms with E-state index in [-0.39, 0.29) is 11.3 Å². The highest BCUT2D eigenvalue weighted by Gasteiger charge is 2.22. The van der Waals surface area contributed by atoms with Crippen molar-refractivity contribution in [2.24, 2.45) is 0 Å². The van der Waals surface area contributed by atoms with Crippen molar-refractivity contribution < 1.29 is 34.8 Å². The van der Waals surface area contributed by atoms with Gasteiger partial charge in [0, 0.05) is 12.1 Å². The van der Waals surface area contributed by atoms with Gasteiger partial charge < -0.3 is 25.2 Å². The molecule has 0 aliphatic heterocycles. The third kappa shape index (κ3) is 2.86. The molecule has 0 heterocycles. The summed E-state index contributed by atoms with van der Waals surface area (Å²) in [4.78, 5) is 22.9. The number of ether oxygens (including phenoxy) is 1. The fourth-order valence-electron chi connectivity index (χ4n) is 1.69. The molecule has 0 spiro atoms. The number of aromatic carboxylic acids is 1. The summed E-state index contributed by atoms with van der Waals surface area (Å²) < 4.78 is 4.87. The first kappa shape index (κ1) is 14.2. The molecule has 0 bridgehead atoms. The lowest BCUT2D eigenvalue weighted by molar-refractivity contribution is 0.0680. The molecule has 7 heteroatoms. The molecule has 2 aromatic carbocycles. The van der Waals surface area contributed by atoms with Crippen LogP contribution >= 0.6 is 0 Å². The molecular formula is C14H10O7. The van der Waals surface area contributed by atoms with Crippen LogP contribution in [0.5, 0.6) is 23.0 Å². The minimum Gasteiger partial charge on any atom is -0.508 e. The predicted molar refractivity (Wildman–Crippen MR) is 69.8 cm³/mol. The quantitative estimate of drug-likeness (QED) is 0.501. The number of phenols is 3. The fraction of sp³-hybridized carbons (Fsp3) is 0. The number of hydrogen-bond acceptors (Lipinski definition) is 6. The Labute approximate surface area is 118 Å². The summed E-state index contributed by atoms with van der Waals surface area (Å²) in [6, 6.07) is 7.11. The van der Waals surface area contributed by atoms with Crippen LogP contribution in [0.2, 0.25) is 0 Å². The van der Waals surface area contributed by atoms with Gasteiger partial charge in [-0.3, -0.25) is 0 Å². The second-order valence-electron chi connectivity index (χ2n) is 4.05. The Bertz CT molecular complexity index is 698. The first-order chi connectivity index (χ1) is 9.90. The predicted octanol–water partition coefficient (Wildman–Crippen LogP) is 1.72. The van der Waals surface area contributed by atoms with E-state index in [4.69, 9.17) is 14.9 Å². The van der Waals surface area contributed by atoms with Gasteiger partial charge in [-0.25, -0.2) is 9.59 Å². The highest BCUT2D eigenvalue weighted by Crippen LogP contribution is 2.33. The fourth-order valence-corrected chi connectivity index (χ4v) is 1.69. The number of carboxylic acid groups (broad SMARTS) is 1. The molecular weight excluding hydrogens is 280 g/mol. The summed E-state index contributed by atoms with van der Waals surface area (Å²) in [5.74, 6) is -4.50. The second-order valence-corrected chi connectivity index (χ2v) is 4.05. The van der Waals surface area contributed by atoms with Crippen molar-refractivity contribution in [2.45, 2.75) is 0 Å². The third-order valence-corrected chi connectivity index (χ3v) is 2.61. The van der Waals surface area contributed by atoms with Crippen LogP contribution in [0.3, 0.4) is 0 Å². The van der Waals surface area contributed by atoms with Gasteiger partial charge in [-0.05, 0) is 12.1 Å². The Morgan fingerprint density at radius 2 is 1.52 bits per heavy atom. The number of benzene rings is 2. The van der Waals surface area contributed by atoms with Crippen LogP contribution in [-0.4, -0.2) is 32.4 Å². The lowest BCUT2D eigenvalue weighted by atomic mass is 10.1. The molecule has 108 valence electrons. The second kappa shape index (κ2) is 5.41. The van der Waals surface area contributed by atoms with Gasteiger partial charge in [0.1, 0.15) is 34.1 Å². The molecule has 0 fully saturated rings. The zero-order valence-electron chi connectivity index (χ0n) is 10.5. The number of para-hydroxylation sites is 1. The van der Waals surface area contributed by atoms with Crippen LogP contribution < -0.4 is 4.74 Å². The maximum atomic E-state index is 11.9. The van der Waals surface area contributed by atoms with Crippen LogP contribution in [0.1, 0.15) is 20.7 Å². The van der Waals surface area contributed by atoms with Crippen LogP contribution in [0.15, 0.2) is 36.4 Å². The molecule has 21 heavy (non-hydrogen) atoms. The first-order valence-electron chi connectivity index (χ1n) is 5.69. The van der Waals surface area contributed by atoms with Crippen molar-refractivity contribution in [3.63, 3.8) is 0 Å². The van der Waals surface area contributed by atoms with Crippen molar-refractivity contribution in [1.82, 2.24) is 0 Å². The molecule has 0 aromatic heterocycles. The molecule has 0 aliphatic carbocycles. The topological polar surface area (TPSA) is 124 Å². The molecule has 7 nitrogen and oxygen atoms in total. The van der Waals surface area contributed by atoms with Gasteiger partial charge in [0.15, 0.2) is 0 Å². The average Bonchev–Trinajstić information content (AvgIpc) is 2.37. The molecule has 0 saturated carbocycles. The molecule has 2 rings (SSSR count). The summed E-state index contributed by atoms with van der Waals surface area (Å²) in [5.41, 5.74) is -0.823. The van der Waals surface area contributed by atoms with Crippen molar-refractivity contribution >= 4 is 11.9 Å². The number of hydrogen-bond donors (Lipinski definition) is 4. The molecule has 0 unspecified atom stereocenters. The average molecular weight is 290 g/mol. The maximum Gasteiger partial charge on any atom is 0.351 e. The van der Waals surface area contributed by atoms with Gasteiger partial charge in [0.2, 0.25) is 0 Å². The molecule has 0 radical (unpaired) electrons. The van der Waals surface area contributed by atoms with Crippen LogP contribution in [0.4, 0.5) is 0 Å². The van der Waals surface area contributed by atoms with Crippen molar-refractivity contribution in [3.8, 4) is 23.0 Å². The lowest BCUT2D eigenvalue weighted by Crippen LogP contribution is -2.12. The van der Waals surface area contributed by atoms with E-state index >= 15 is 0 Å². The normalized spacial score (nSPS) is 10.1. The Hall–Kier alpha value is -3.22. The number of rotatable bonds is 3. The van der Waals surface area contributed by atoms with Gasteiger partial charge in [-0.2, -0.15) is 0 Å². The highest BCUT2D eigenvalue weighted by molar-refractivity contribution is 5.99. The number of carbonyl (C=O) groups is 2. The Balaban J connectivity index is 2.38. The largest absolute Gasteiger partial charge is 0.508 e. The summed E-state index contributed by atoms with van der Waals surface area (Å²) in [6.45, 7) is 0. The Morgan fingerprint density at radius 1 is 0.952 bits per heavy atom.